The first-order valence-electron chi connectivity index (χ1n) is 8.20. The molecule has 1 unspecified atom stereocenters. The van der Waals surface area contributed by atoms with Crippen LogP contribution in [-0.4, -0.2) is 33.0 Å². The molecule has 0 spiro atoms. The van der Waals surface area contributed by atoms with E-state index in [2.05, 4.69) is 20.6 Å². The quantitative estimate of drug-likeness (QED) is 0.719. The number of hydrogen-bond acceptors (Lipinski definition) is 5. The van der Waals surface area contributed by atoms with Crippen LogP contribution in [0.25, 0.3) is 5.82 Å². The molecule has 3 heterocycles. The summed E-state index contributed by atoms with van der Waals surface area (Å²) in [5, 5.41) is 16.5. The second kappa shape index (κ2) is 6.83. The van der Waals surface area contributed by atoms with Crippen molar-refractivity contribution in [3.05, 3.63) is 57.2 Å². The molecule has 0 fully saturated rings. The number of benzene rings is 1. The molecule has 1 aromatic carbocycles. The second-order valence-electron chi connectivity index (χ2n) is 6.17. The van der Waals surface area contributed by atoms with Gasteiger partial charge in [-0.2, -0.15) is 9.78 Å². The first-order valence-corrected chi connectivity index (χ1v) is 8.96. The van der Waals surface area contributed by atoms with Gasteiger partial charge in [0.05, 0.1) is 22.8 Å². The van der Waals surface area contributed by atoms with Gasteiger partial charge in [0.1, 0.15) is 5.82 Å². The number of hydrogen-bond donors (Lipinski definition) is 1. The van der Waals surface area contributed by atoms with Crippen molar-refractivity contribution in [1.29, 1.82) is 0 Å². The number of carbonyl (C=O) groups excluding carboxylic acids is 1. The number of nitrogens with one attached hydrogen (secondary N) is 1. The lowest BCUT2D eigenvalue weighted by atomic mass is 9.86. The monoisotopic (exact) mass is 403 g/mol. The summed E-state index contributed by atoms with van der Waals surface area (Å²) in [5.41, 5.74) is 2.62. The van der Waals surface area contributed by atoms with Gasteiger partial charge in [-0.05, 0) is 30.7 Å². The van der Waals surface area contributed by atoms with Crippen LogP contribution in [0.5, 0.6) is 5.88 Å². The van der Waals surface area contributed by atoms with E-state index < -0.39 is 0 Å². The highest BCUT2D eigenvalue weighted by molar-refractivity contribution is 6.42. The van der Waals surface area contributed by atoms with E-state index in [1.165, 1.54) is 7.11 Å². The lowest BCUT2D eigenvalue weighted by Crippen LogP contribution is -2.25. The van der Waals surface area contributed by atoms with Crippen molar-refractivity contribution in [1.82, 2.24) is 20.0 Å². The summed E-state index contributed by atoms with van der Waals surface area (Å²) in [6.45, 7) is 1.90. The molecule has 0 aliphatic carbocycles. The van der Waals surface area contributed by atoms with Crippen molar-refractivity contribution in [3.63, 3.8) is 0 Å². The van der Waals surface area contributed by atoms with Crippen LogP contribution in [0.4, 0.5) is 5.82 Å². The Kier molecular flexibility index (Phi) is 4.49. The van der Waals surface area contributed by atoms with Crippen molar-refractivity contribution in [2.45, 2.75) is 19.3 Å². The highest BCUT2D eigenvalue weighted by Crippen LogP contribution is 2.41. The van der Waals surface area contributed by atoms with Crippen LogP contribution in [0.2, 0.25) is 10.0 Å². The number of carbonyl (C=O) groups is 1. The van der Waals surface area contributed by atoms with Gasteiger partial charge in [-0.3, -0.25) is 4.79 Å². The first-order chi connectivity index (χ1) is 13.0. The molecule has 27 heavy (non-hydrogen) atoms. The third-order valence-corrected chi connectivity index (χ3v) is 5.24. The van der Waals surface area contributed by atoms with Crippen molar-refractivity contribution in [2.75, 3.05) is 12.4 Å². The van der Waals surface area contributed by atoms with Gasteiger partial charge in [-0.25, -0.2) is 0 Å². The zero-order valence-corrected chi connectivity index (χ0v) is 16.0. The Morgan fingerprint density at radius 3 is 2.67 bits per heavy atom. The number of ether oxygens (including phenoxy) is 1. The van der Waals surface area contributed by atoms with Gasteiger partial charge in [0.2, 0.25) is 11.8 Å². The van der Waals surface area contributed by atoms with E-state index >= 15 is 0 Å². The van der Waals surface area contributed by atoms with Crippen molar-refractivity contribution in [3.8, 4) is 11.7 Å². The molecule has 0 saturated carbocycles. The van der Waals surface area contributed by atoms with Crippen LogP contribution in [0, 0.1) is 6.92 Å². The number of aromatic nitrogens is 4. The minimum absolute atomic E-state index is 0.110. The third kappa shape index (κ3) is 3.13. The van der Waals surface area contributed by atoms with Crippen LogP contribution in [0.1, 0.15) is 29.2 Å². The van der Waals surface area contributed by atoms with Gasteiger partial charge in [0.15, 0.2) is 5.82 Å². The third-order valence-electron chi connectivity index (χ3n) is 4.50. The normalized spacial score (nSPS) is 16.0. The minimum atomic E-state index is -0.177. The second-order valence-corrected chi connectivity index (χ2v) is 6.99. The smallest absolute Gasteiger partial charge is 0.233 e. The molecule has 1 aliphatic heterocycles. The Morgan fingerprint density at radius 2 is 2.00 bits per heavy atom. The number of methoxy groups -OCH3 is 1. The maximum Gasteiger partial charge on any atom is 0.233 e. The van der Waals surface area contributed by atoms with E-state index in [9.17, 15) is 4.79 Å². The maximum absolute atomic E-state index is 12.4. The molecule has 2 aromatic heterocycles. The molecule has 1 amide bonds. The van der Waals surface area contributed by atoms with Gasteiger partial charge in [-0.15, -0.1) is 10.2 Å². The van der Waals surface area contributed by atoms with E-state index in [4.69, 9.17) is 27.9 Å². The van der Waals surface area contributed by atoms with Crippen LogP contribution in [0.15, 0.2) is 30.3 Å². The summed E-state index contributed by atoms with van der Waals surface area (Å²) in [4.78, 5) is 12.4. The number of halogens is 2. The molecule has 0 radical (unpaired) electrons. The van der Waals surface area contributed by atoms with E-state index in [0.29, 0.717) is 34.0 Å². The van der Waals surface area contributed by atoms with Crippen molar-refractivity contribution in [2.24, 2.45) is 0 Å². The summed E-state index contributed by atoms with van der Waals surface area (Å²) in [5.74, 6) is 1.17. The van der Waals surface area contributed by atoms with Crippen molar-refractivity contribution < 1.29 is 9.53 Å². The molecule has 7 nitrogen and oxygen atoms in total. The minimum Gasteiger partial charge on any atom is -0.480 e. The molecule has 0 bridgehead atoms. The SMILES string of the molecule is COc1ccc(-n2nc(C)c3c2NC(=O)CC3c2ccc(Cl)c(Cl)c2)nn1. The predicted molar refractivity (Wildman–Crippen MR) is 102 cm³/mol. The Morgan fingerprint density at radius 1 is 1.19 bits per heavy atom. The molecule has 1 aliphatic rings. The summed E-state index contributed by atoms with van der Waals surface area (Å²) < 4.78 is 6.62. The fourth-order valence-corrected chi connectivity index (χ4v) is 3.57. The van der Waals surface area contributed by atoms with Gasteiger partial charge < -0.3 is 10.1 Å². The average molecular weight is 404 g/mol. The molecule has 3 aromatic rings. The van der Waals surface area contributed by atoms with E-state index in [-0.39, 0.29) is 11.8 Å². The number of aryl methyl sites for hydroxylation is 1. The fraction of sp³-hybridized carbons (Fsp3) is 0.222. The number of rotatable bonds is 3. The molecule has 1 atom stereocenters. The topological polar surface area (TPSA) is 81.9 Å². The van der Waals surface area contributed by atoms with Crippen LogP contribution in [-0.2, 0) is 4.79 Å². The van der Waals surface area contributed by atoms with E-state index in [1.54, 1.807) is 28.9 Å². The summed E-state index contributed by atoms with van der Waals surface area (Å²) in [6, 6.07) is 8.83. The lowest BCUT2D eigenvalue weighted by molar-refractivity contribution is -0.116. The highest BCUT2D eigenvalue weighted by Gasteiger charge is 2.33. The zero-order valence-electron chi connectivity index (χ0n) is 14.5. The fourth-order valence-electron chi connectivity index (χ4n) is 3.26. The molecule has 4 rings (SSSR count). The Hall–Kier alpha value is -2.64. The zero-order chi connectivity index (χ0) is 19.1. The average Bonchev–Trinajstić information content (AvgIpc) is 3.00. The van der Waals surface area contributed by atoms with Crippen LogP contribution >= 0.6 is 23.2 Å². The van der Waals surface area contributed by atoms with Gasteiger partial charge >= 0.3 is 0 Å². The Bertz CT molecular complexity index is 1030. The summed E-state index contributed by atoms with van der Waals surface area (Å²) in [6.07, 6.45) is 0.297. The highest BCUT2D eigenvalue weighted by atomic mass is 35.5. The number of nitrogens with zero attached hydrogens (tertiary/aromatic N) is 4. The van der Waals surface area contributed by atoms with E-state index in [1.807, 2.05) is 13.0 Å². The van der Waals surface area contributed by atoms with Crippen LogP contribution in [0.3, 0.4) is 0 Å². The van der Waals surface area contributed by atoms with E-state index in [0.717, 1.165) is 16.8 Å². The Balaban J connectivity index is 1.83. The molecule has 138 valence electrons. The molecular weight excluding hydrogens is 389 g/mol. The summed E-state index contributed by atoms with van der Waals surface area (Å²) >= 11 is 12.2. The molecule has 0 saturated heterocycles. The number of anilines is 1. The summed E-state index contributed by atoms with van der Waals surface area (Å²) in [7, 11) is 1.52. The number of fused-ring (bicyclic) bond motifs is 1. The van der Waals surface area contributed by atoms with Gasteiger partial charge in [0.25, 0.3) is 0 Å². The van der Waals surface area contributed by atoms with Crippen molar-refractivity contribution >= 4 is 34.9 Å². The lowest BCUT2D eigenvalue weighted by Gasteiger charge is -2.24. The standard InChI is InChI=1S/C18H15Cl2N5O2/c1-9-17-11(10-3-4-12(19)13(20)7-10)8-15(26)21-18(17)25(24-9)14-5-6-16(27-2)23-22-14/h3-7,11H,8H2,1-2H3,(H,21,26). The van der Waals surface area contributed by atoms with Crippen LogP contribution < -0.4 is 10.1 Å². The predicted octanol–water partition coefficient (Wildman–Crippen LogP) is 3.76. The molecule has 1 N–H and O–H groups in total. The molecular formula is C18H15Cl2N5O2. The first kappa shape index (κ1) is 17.8. The maximum atomic E-state index is 12.4. The largest absolute Gasteiger partial charge is 0.480 e. The Labute approximate surface area is 165 Å². The van der Waals surface area contributed by atoms with Gasteiger partial charge in [0, 0.05) is 24.0 Å². The van der Waals surface area contributed by atoms with Gasteiger partial charge in [-0.1, -0.05) is 29.3 Å². The molecule has 9 heteroatoms. The number of amides is 1.